The Balaban J connectivity index is 2.29. The summed E-state index contributed by atoms with van der Waals surface area (Å²) in [6.07, 6.45) is 3.46. The zero-order valence-electron chi connectivity index (χ0n) is 8.66. The molecule has 3 heteroatoms. The second kappa shape index (κ2) is 3.23. The number of aryl methyl sites for hydroxylation is 2. The van der Waals surface area contributed by atoms with E-state index in [4.69, 9.17) is 5.11 Å². The molecule has 2 aromatic rings. The first-order valence-corrected chi connectivity index (χ1v) is 5.29. The van der Waals surface area contributed by atoms with Gasteiger partial charge in [-0.1, -0.05) is 24.3 Å². The Labute approximate surface area is 92.7 Å². The van der Waals surface area contributed by atoms with Gasteiger partial charge >= 0.3 is 5.97 Å². The maximum Gasteiger partial charge on any atom is 0.337 e. The van der Waals surface area contributed by atoms with Crippen molar-refractivity contribution in [2.24, 2.45) is 0 Å². The van der Waals surface area contributed by atoms with Gasteiger partial charge in [0.1, 0.15) is 0 Å². The molecular weight excluding hydrogens is 202 g/mol. The maximum atomic E-state index is 11.1. The Hall–Kier alpha value is -2.03. The fourth-order valence-electron chi connectivity index (χ4n) is 2.38. The Morgan fingerprint density at radius 2 is 2.06 bits per heavy atom. The molecular formula is C13H11NO2. The van der Waals surface area contributed by atoms with E-state index in [0.717, 1.165) is 29.7 Å². The molecule has 2 N–H and O–H groups in total. The standard InChI is InChI=1S/C13H11NO2/c15-13(16)10-7-14-11-6-5-8-3-1-2-4-9(8)12(10)11/h1-4,7,14H,5-6H2,(H,15,16). The van der Waals surface area contributed by atoms with Crippen LogP contribution in [0.2, 0.25) is 0 Å². The molecule has 1 aromatic heterocycles. The van der Waals surface area contributed by atoms with E-state index in [1.807, 2.05) is 18.2 Å². The summed E-state index contributed by atoms with van der Waals surface area (Å²) >= 11 is 0. The average molecular weight is 213 g/mol. The molecule has 1 heterocycles. The van der Waals surface area contributed by atoms with Crippen molar-refractivity contribution in [3.05, 3.63) is 47.3 Å². The molecule has 0 unspecified atom stereocenters. The lowest BCUT2D eigenvalue weighted by Gasteiger charge is -2.16. The van der Waals surface area contributed by atoms with Crippen LogP contribution in [0.1, 0.15) is 21.6 Å². The number of fused-ring (bicyclic) bond motifs is 3. The molecule has 0 bridgehead atoms. The average Bonchev–Trinajstić information content (AvgIpc) is 2.73. The number of carboxylic acid groups (broad SMARTS) is 1. The van der Waals surface area contributed by atoms with Crippen LogP contribution in [0.25, 0.3) is 11.1 Å². The van der Waals surface area contributed by atoms with Crippen LogP contribution >= 0.6 is 0 Å². The minimum absolute atomic E-state index is 0.377. The second-order valence-corrected chi connectivity index (χ2v) is 4.02. The van der Waals surface area contributed by atoms with Gasteiger partial charge in [0.25, 0.3) is 0 Å². The highest BCUT2D eigenvalue weighted by Crippen LogP contribution is 2.35. The highest BCUT2D eigenvalue weighted by atomic mass is 16.4. The molecule has 0 radical (unpaired) electrons. The Kier molecular flexibility index (Phi) is 1.86. The van der Waals surface area contributed by atoms with Gasteiger partial charge in [0.15, 0.2) is 0 Å². The number of rotatable bonds is 1. The topological polar surface area (TPSA) is 53.1 Å². The largest absolute Gasteiger partial charge is 0.478 e. The molecule has 3 rings (SSSR count). The number of carboxylic acids is 1. The zero-order valence-corrected chi connectivity index (χ0v) is 8.66. The summed E-state index contributed by atoms with van der Waals surface area (Å²) in [7, 11) is 0. The highest BCUT2D eigenvalue weighted by molar-refractivity contribution is 5.97. The van der Waals surface area contributed by atoms with Crippen LogP contribution < -0.4 is 0 Å². The molecule has 80 valence electrons. The van der Waals surface area contributed by atoms with Crippen LogP contribution in [0, 0.1) is 0 Å². The normalized spacial score (nSPS) is 13.0. The van der Waals surface area contributed by atoms with Gasteiger partial charge in [-0.05, 0) is 24.0 Å². The third-order valence-electron chi connectivity index (χ3n) is 3.12. The van der Waals surface area contributed by atoms with Crippen molar-refractivity contribution in [2.45, 2.75) is 12.8 Å². The summed E-state index contributed by atoms with van der Waals surface area (Å²) < 4.78 is 0. The van der Waals surface area contributed by atoms with Gasteiger partial charge in [0.2, 0.25) is 0 Å². The first kappa shape index (κ1) is 9.21. The first-order valence-electron chi connectivity index (χ1n) is 5.29. The zero-order chi connectivity index (χ0) is 11.1. The van der Waals surface area contributed by atoms with Crippen molar-refractivity contribution in [1.82, 2.24) is 4.98 Å². The Bertz CT molecular complexity index is 569. The minimum Gasteiger partial charge on any atom is -0.478 e. The molecule has 1 aromatic carbocycles. The molecule has 0 fully saturated rings. The van der Waals surface area contributed by atoms with E-state index < -0.39 is 5.97 Å². The lowest BCUT2D eigenvalue weighted by Crippen LogP contribution is -2.05. The molecule has 0 amide bonds. The van der Waals surface area contributed by atoms with E-state index in [1.54, 1.807) is 6.20 Å². The number of hydrogen-bond donors (Lipinski definition) is 2. The predicted octanol–water partition coefficient (Wildman–Crippen LogP) is 2.48. The Morgan fingerprint density at radius 3 is 2.88 bits per heavy atom. The van der Waals surface area contributed by atoms with Crippen LogP contribution in [-0.2, 0) is 12.8 Å². The lowest BCUT2D eigenvalue weighted by atomic mass is 9.88. The van der Waals surface area contributed by atoms with Gasteiger partial charge in [-0.2, -0.15) is 0 Å². The van der Waals surface area contributed by atoms with Gasteiger partial charge in [0.05, 0.1) is 5.56 Å². The second-order valence-electron chi connectivity index (χ2n) is 4.02. The number of aromatic carboxylic acids is 1. The third-order valence-corrected chi connectivity index (χ3v) is 3.12. The molecule has 0 aliphatic heterocycles. The van der Waals surface area contributed by atoms with Crippen LogP contribution in [0.15, 0.2) is 30.5 Å². The minimum atomic E-state index is -0.866. The third kappa shape index (κ3) is 1.18. The molecule has 0 atom stereocenters. The molecule has 0 saturated carbocycles. The smallest absolute Gasteiger partial charge is 0.337 e. The van der Waals surface area contributed by atoms with Crippen molar-refractivity contribution in [1.29, 1.82) is 0 Å². The number of carbonyl (C=O) groups is 1. The van der Waals surface area contributed by atoms with Crippen molar-refractivity contribution in [2.75, 3.05) is 0 Å². The number of nitrogens with one attached hydrogen (secondary N) is 1. The molecule has 0 spiro atoms. The van der Waals surface area contributed by atoms with Crippen LogP contribution in [0.5, 0.6) is 0 Å². The van der Waals surface area contributed by atoms with Crippen molar-refractivity contribution >= 4 is 5.97 Å². The van der Waals surface area contributed by atoms with Crippen LogP contribution in [0.4, 0.5) is 0 Å². The van der Waals surface area contributed by atoms with E-state index in [2.05, 4.69) is 11.1 Å². The molecule has 1 aliphatic carbocycles. The fraction of sp³-hybridized carbons (Fsp3) is 0.154. The van der Waals surface area contributed by atoms with Gasteiger partial charge in [-0.15, -0.1) is 0 Å². The fourth-order valence-corrected chi connectivity index (χ4v) is 2.38. The summed E-state index contributed by atoms with van der Waals surface area (Å²) in [5.41, 5.74) is 4.58. The van der Waals surface area contributed by atoms with Crippen LogP contribution in [0.3, 0.4) is 0 Å². The Morgan fingerprint density at radius 1 is 1.25 bits per heavy atom. The van der Waals surface area contributed by atoms with E-state index in [1.165, 1.54) is 5.56 Å². The van der Waals surface area contributed by atoms with E-state index in [9.17, 15) is 4.79 Å². The SMILES string of the molecule is O=C(O)c1c[nH]c2c1-c1ccccc1CC2. The van der Waals surface area contributed by atoms with Crippen molar-refractivity contribution < 1.29 is 9.90 Å². The lowest BCUT2D eigenvalue weighted by molar-refractivity contribution is 0.0698. The summed E-state index contributed by atoms with van der Waals surface area (Å²) in [5, 5.41) is 9.14. The van der Waals surface area contributed by atoms with Crippen LogP contribution in [-0.4, -0.2) is 16.1 Å². The van der Waals surface area contributed by atoms with Crippen molar-refractivity contribution in [3.63, 3.8) is 0 Å². The number of aromatic amines is 1. The van der Waals surface area contributed by atoms with E-state index in [-0.39, 0.29) is 0 Å². The van der Waals surface area contributed by atoms with E-state index in [0.29, 0.717) is 5.56 Å². The number of benzene rings is 1. The summed E-state index contributed by atoms with van der Waals surface area (Å²) in [6, 6.07) is 8.01. The number of aromatic nitrogens is 1. The molecule has 16 heavy (non-hydrogen) atoms. The number of H-pyrrole nitrogens is 1. The maximum absolute atomic E-state index is 11.1. The summed E-state index contributed by atoms with van der Waals surface area (Å²) in [5.74, 6) is -0.866. The number of hydrogen-bond acceptors (Lipinski definition) is 1. The predicted molar refractivity (Wildman–Crippen MR) is 60.6 cm³/mol. The van der Waals surface area contributed by atoms with Gasteiger partial charge in [0, 0.05) is 17.5 Å². The van der Waals surface area contributed by atoms with Gasteiger partial charge in [-0.25, -0.2) is 4.79 Å². The monoisotopic (exact) mass is 213 g/mol. The quantitative estimate of drug-likeness (QED) is 0.764. The van der Waals surface area contributed by atoms with E-state index >= 15 is 0 Å². The highest BCUT2D eigenvalue weighted by Gasteiger charge is 2.23. The molecule has 0 saturated heterocycles. The molecule has 3 nitrogen and oxygen atoms in total. The first-order chi connectivity index (χ1) is 7.77. The van der Waals surface area contributed by atoms with Gasteiger partial charge < -0.3 is 10.1 Å². The van der Waals surface area contributed by atoms with Crippen molar-refractivity contribution in [3.8, 4) is 11.1 Å². The molecule has 1 aliphatic rings. The van der Waals surface area contributed by atoms with Gasteiger partial charge in [-0.3, -0.25) is 0 Å². The summed E-state index contributed by atoms with van der Waals surface area (Å²) in [6.45, 7) is 0. The summed E-state index contributed by atoms with van der Waals surface area (Å²) in [4.78, 5) is 14.2.